The molecule has 1 aromatic rings. The molecule has 86 valence electrons. The summed E-state index contributed by atoms with van der Waals surface area (Å²) in [5.41, 5.74) is 0. The maximum absolute atomic E-state index is 8.68. The molecule has 0 aliphatic heterocycles. The first-order valence-corrected chi connectivity index (χ1v) is 5.48. The van der Waals surface area contributed by atoms with Crippen molar-refractivity contribution in [2.45, 2.75) is 6.92 Å². The molecule has 0 saturated carbocycles. The van der Waals surface area contributed by atoms with Crippen LogP contribution in [-0.4, -0.2) is 31.6 Å². The minimum atomic E-state index is 0.0710. The van der Waals surface area contributed by atoms with Crippen molar-refractivity contribution in [3.63, 3.8) is 0 Å². The Bertz CT molecular complexity index is 332. The van der Waals surface area contributed by atoms with Gasteiger partial charge < -0.3 is 9.64 Å². The number of rotatable bonds is 6. The standard InChI is InChI=1S/C13H18N2O/c1-12(10-14)11-15(2)8-9-16-13-6-4-3-5-7-13/h3-7,12H,8-9,11H2,1-2H3/t12-/m0/s1. The van der Waals surface area contributed by atoms with Crippen LogP contribution in [-0.2, 0) is 0 Å². The Kier molecular flexibility index (Phi) is 5.38. The summed E-state index contributed by atoms with van der Waals surface area (Å²) in [5, 5.41) is 8.68. The Labute approximate surface area is 97.3 Å². The van der Waals surface area contributed by atoms with Crippen molar-refractivity contribution in [1.82, 2.24) is 4.90 Å². The lowest BCUT2D eigenvalue weighted by Gasteiger charge is -2.17. The normalized spacial score (nSPS) is 12.1. The summed E-state index contributed by atoms with van der Waals surface area (Å²) in [5.74, 6) is 0.964. The SMILES string of the molecule is C[C@@H](C#N)CN(C)CCOc1ccccc1. The smallest absolute Gasteiger partial charge is 0.119 e. The molecule has 0 radical (unpaired) electrons. The molecule has 0 aliphatic rings. The highest BCUT2D eigenvalue weighted by atomic mass is 16.5. The number of benzene rings is 1. The summed E-state index contributed by atoms with van der Waals surface area (Å²) in [4.78, 5) is 2.11. The molecule has 0 heterocycles. The quantitative estimate of drug-likeness (QED) is 0.734. The van der Waals surface area contributed by atoms with E-state index in [1.54, 1.807) is 0 Å². The minimum Gasteiger partial charge on any atom is -0.492 e. The average Bonchev–Trinajstić information content (AvgIpc) is 2.30. The number of ether oxygens (including phenoxy) is 1. The van der Waals surface area contributed by atoms with Crippen LogP contribution in [0.2, 0.25) is 0 Å². The van der Waals surface area contributed by atoms with E-state index in [4.69, 9.17) is 10.00 Å². The lowest BCUT2D eigenvalue weighted by molar-refractivity contribution is 0.228. The maximum atomic E-state index is 8.68. The molecule has 0 aliphatic carbocycles. The van der Waals surface area contributed by atoms with Gasteiger partial charge in [0.25, 0.3) is 0 Å². The molecule has 0 amide bonds. The Morgan fingerprint density at radius 1 is 1.38 bits per heavy atom. The lowest BCUT2D eigenvalue weighted by atomic mass is 10.2. The summed E-state index contributed by atoms with van der Waals surface area (Å²) < 4.78 is 5.57. The van der Waals surface area contributed by atoms with Gasteiger partial charge in [-0.2, -0.15) is 5.26 Å². The van der Waals surface area contributed by atoms with E-state index in [0.717, 1.165) is 18.8 Å². The molecule has 0 unspecified atom stereocenters. The van der Waals surface area contributed by atoms with Crippen molar-refractivity contribution < 1.29 is 4.74 Å². The highest BCUT2D eigenvalue weighted by molar-refractivity contribution is 5.20. The van der Waals surface area contributed by atoms with Gasteiger partial charge in [-0.1, -0.05) is 18.2 Å². The number of nitrogens with zero attached hydrogens (tertiary/aromatic N) is 2. The van der Waals surface area contributed by atoms with Gasteiger partial charge in [-0.15, -0.1) is 0 Å². The highest BCUT2D eigenvalue weighted by Crippen LogP contribution is 2.07. The first-order chi connectivity index (χ1) is 7.72. The van der Waals surface area contributed by atoms with E-state index in [2.05, 4.69) is 11.0 Å². The Morgan fingerprint density at radius 2 is 2.06 bits per heavy atom. The number of para-hydroxylation sites is 1. The number of hydrogen-bond donors (Lipinski definition) is 0. The summed E-state index contributed by atoms with van der Waals surface area (Å²) >= 11 is 0. The molecule has 16 heavy (non-hydrogen) atoms. The minimum absolute atomic E-state index is 0.0710. The third-order valence-electron chi connectivity index (χ3n) is 2.29. The first-order valence-electron chi connectivity index (χ1n) is 5.48. The topological polar surface area (TPSA) is 36.3 Å². The molecule has 0 aromatic heterocycles. The zero-order chi connectivity index (χ0) is 11.8. The number of nitriles is 1. The number of likely N-dealkylation sites (N-methyl/N-ethyl adjacent to an activating group) is 1. The third-order valence-corrected chi connectivity index (χ3v) is 2.29. The van der Waals surface area contributed by atoms with Crippen molar-refractivity contribution in [2.75, 3.05) is 26.7 Å². The average molecular weight is 218 g/mol. The van der Waals surface area contributed by atoms with Crippen molar-refractivity contribution in [3.8, 4) is 11.8 Å². The van der Waals surface area contributed by atoms with Crippen LogP contribution in [0.3, 0.4) is 0 Å². The van der Waals surface area contributed by atoms with E-state index in [-0.39, 0.29) is 5.92 Å². The van der Waals surface area contributed by atoms with Crippen molar-refractivity contribution >= 4 is 0 Å². The predicted molar refractivity (Wildman–Crippen MR) is 64.2 cm³/mol. The van der Waals surface area contributed by atoms with E-state index in [9.17, 15) is 0 Å². The summed E-state index contributed by atoms with van der Waals surface area (Å²) in [7, 11) is 2.00. The molecule has 0 bridgehead atoms. The molecule has 0 spiro atoms. The van der Waals surface area contributed by atoms with Gasteiger partial charge >= 0.3 is 0 Å². The fourth-order valence-corrected chi connectivity index (χ4v) is 1.44. The van der Waals surface area contributed by atoms with Crippen LogP contribution in [0.15, 0.2) is 30.3 Å². The van der Waals surface area contributed by atoms with Gasteiger partial charge in [0.05, 0.1) is 12.0 Å². The summed E-state index contributed by atoms with van der Waals surface area (Å²) in [6.07, 6.45) is 0. The Hall–Kier alpha value is -1.53. The van der Waals surface area contributed by atoms with Crippen LogP contribution in [0.5, 0.6) is 5.75 Å². The van der Waals surface area contributed by atoms with Gasteiger partial charge in [0.15, 0.2) is 0 Å². The van der Waals surface area contributed by atoms with Crippen LogP contribution in [0, 0.1) is 17.2 Å². The lowest BCUT2D eigenvalue weighted by Crippen LogP contribution is -2.28. The van der Waals surface area contributed by atoms with Gasteiger partial charge in [0, 0.05) is 13.1 Å². The van der Waals surface area contributed by atoms with E-state index >= 15 is 0 Å². The van der Waals surface area contributed by atoms with Crippen LogP contribution in [0.4, 0.5) is 0 Å². The molecule has 0 N–H and O–H groups in total. The van der Waals surface area contributed by atoms with Crippen molar-refractivity contribution in [1.29, 1.82) is 5.26 Å². The second kappa shape index (κ2) is 6.86. The summed E-state index contributed by atoms with van der Waals surface area (Å²) in [6.45, 7) is 4.20. The molecular formula is C13H18N2O. The monoisotopic (exact) mass is 218 g/mol. The molecule has 1 atom stereocenters. The van der Waals surface area contributed by atoms with Gasteiger partial charge in [-0.05, 0) is 26.1 Å². The van der Waals surface area contributed by atoms with E-state index in [1.165, 1.54) is 0 Å². The molecule has 3 heteroatoms. The van der Waals surface area contributed by atoms with Crippen molar-refractivity contribution in [3.05, 3.63) is 30.3 Å². The fraction of sp³-hybridized carbons (Fsp3) is 0.462. The van der Waals surface area contributed by atoms with E-state index in [0.29, 0.717) is 6.61 Å². The van der Waals surface area contributed by atoms with E-state index < -0.39 is 0 Å². The zero-order valence-electron chi connectivity index (χ0n) is 9.89. The van der Waals surface area contributed by atoms with Crippen LogP contribution >= 0.6 is 0 Å². The second-order valence-corrected chi connectivity index (χ2v) is 3.95. The molecule has 3 nitrogen and oxygen atoms in total. The van der Waals surface area contributed by atoms with Crippen LogP contribution < -0.4 is 4.74 Å². The van der Waals surface area contributed by atoms with Gasteiger partial charge in [-0.25, -0.2) is 0 Å². The van der Waals surface area contributed by atoms with Gasteiger partial charge in [0.2, 0.25) is 0 Å². The summed E-state index contributed by atoms with van der Waals surface area (Å²) in [6, 6.07) is 12.0. The zero-order valence-corrected chi connectivity index (χ0v) is 9.89. The molecule has 0 saturated heterocycles. The number of hydrogen-bond acceptors (Lipinski definition) is 3. The Morgan fingerprint density at radius 3 is 2.69 bits per heavy atom. The van der Waals surface area contributed by atoms with Crippen LogP contribution in [0.1, 0.15) is 6.92 Å². The second-order valence-electron chi connectivity index (χ2n) is 3.95. The van der Waals surface area contributed by atoms with E-state index in [1.807, 2.05) is 44.3 Å². The van der Waals surface area contributed by atoms with Gasteiger partial charge in [-0.3, -0.25) is 0 Å². The Balaban J connectivity index is 2.19. The van der Waals surface area contributed by atoms with Crippen molar-refractivity contribution in [2.24, 2.45) is 5.92 Å². The molecule has 1 aromatic carbocycles. The fourth-order valence-electron chi connectivity index (χ4n) is 1.44. The predicted octanol–water partition coefficient (Wildman–Crippen LogP) is 2.16. The molecular weight excluding hydrogens is 200 g/mol. The van der Waals surface area contributed by atoms with Gasteiger partial charge in [0.1, 0.15) is 12.4 Å². The largest absolute Gasteiger partial charge is 0.492 e. The maximum Gasteiger partial charge on any atom is 0.119 e. The molecule has 1 rings (SSSR count). The highest BCUT2D eigenvalue weighted by Gasteiger charge is 2.04. The molecule has 0 fully saturated rings. The first kappa shape index (κ1) is 12.5. The van der Waals surface area contributed by atoms with Crippen LogP contribution in [0.25, 0.3) is 0 Å². The third kappa shape index (κ3) is 4.81.